The molecule has 0 amide bonds. The van der Waals surface area contributed by atoms with Crippen LogP contribution < -0.4 is 0 Å². The third-order valence-corrected chi connectivity index (χ3v) is 3.68. The van der Waals surface area contributed by atoms with Gasteiger partial charge in [0.1, 0.15) is 11.7 Å². The molecular weight excluding hydrogens is 271 g/mol. The number of ether oxygens (including phenoxy) is 1. The van der Waals surface area contributed by atoms with Gasteiger partial charge in [0, 0.05) is 28.0 Å². The van der Waals surface area contributed by atoms with Crippen LogP contribution in [0.25, 0.3) is 0 Å². The fourth-order valence-electron chi connectivity index (χ4n) is 2.04. The predicted octanol–water partition coefficient (Wildman–Crippen LogP) is 3.77. The zero-order valence-electron chi connectivity index (χ0n) is 9.60. The number of halogens is 2. The Labute approximate surface area is 115 Å². The lowest BCUT2D eigenvalue weighted by molar-refractivity contribution is 0.308. The fourth-order valence-corrected chi connectivity index (χ4v) is 2.54. The molecule has 1 aromatic carbocycles. The first-order valence-corrected chi connectivity index (χ1v) is 6.26. The lowest BCUT2D eigenvalue weighted by atomic mass is 9.98. The number of benzene rings is 1. The Bertz CT molecular complexity index is 591. The molecule has 2 heterocycles. The highest BCUT2D eigenvalue weighted by Gasteiger charge is 2.56. The Morgan fingerprint density at radius 1 is 1.28 bits per heavy atom. The summed E-state index contributed by atoms with van der Waals surface area (Å²) in [7, 11) is 0. The second-order valence-corrected chi connectivity index (χ2v) is 5.21. The van der Waals surface area contributed by atoms with E-state index in [-0.39, 0.29) is 6.10 Å². The molecule has 1 fully saturated rings. The largest absolute Gasteiger partial charge is 0.354 e. The highest BCUT2D eigenvalue weighted by atomic mass is 35.5. The molecule has 1 aromatic heterocycles. The van der Waals surface area contributed by atoms with E-state index in [1.54, 1.807) is 24.7 Å². The van der Waals surface area contributed by atoms with Crippen molar-refractivity contribution in [3.8, 4) is 0 Å². The molecule has 1 saturated heterocycles. The zero-order valence-corrected chi connectivity index (χ0v) is 11.1. The number of hydrogen-bond donors (Lipinski definition) is 0. The normalized spacial score (nSPS) is 26.1. The van der Waals surface area contributed by atoms with Gasteiger partial charge in [-0.2, -0.15) is 0 Å². The van der Waals surface area contributed by atoms with Crippen LogP contribution in [0.5, 0.6) is 0 Å². The second-order valence-electron chi connectivity index (χ2n) is 4.36. The van der Waals surface area contributed by atoms with Crippen LogP contribution in [0.2, 0.25) is 10.0 Å². The number of nitrogens with zero attached hydrogens (tertiary/aromatic N) is 2. The van der Waals surface area contributed by atoms with Crippen molar-refractivity contribution in [1.29, 1.82) is 0 Å². The molecule has 3 nitrogen and oxygen atoms in total. The van der Waals surface area contributed by atoms with Crippen molar-refractivity contribution < 1.29 is 4.74 Å². The molecular formula is C13H10Cl2N2O. The average molecular weight is 281 g/mol. The second kappa shape index (κ2) is 4.19. The van der Waals surface area contributed by atoms with E-state index in [1.165, 1.54) is 0 Å². The molecule has 0 radical (unpaired) electrons. The van der Waals surface area contributed by atoms with Gasteiger partial charge in [0.05, 0.1) is 11.9 Å². The maximum Gasteiger partial charge on any atom is 0.140 e. The fraction of sp³-hybridized carbons (Fsp3) is 0.231. The molecule has 0 N–H and O–H groups in total. The molecule has 2 atom stereocenters. The van der Waals surface area contributed by atoms with Gasteiger partial charge < -0.3 is 4.74 Å². The molecule has 2 unspecified atom stereocenters. The first kappa shape index (κ1) is 11.9. The number of hydrogen-bond acceptors (Lipinski definition) is 3. The van der Waals surface area contributed by atoms with Crippen LogP contribution in [0.1, 0.15) is 24.3 Å². The summed E-state index contributed by atoms with van der Waals surface area (Å²) >= 11 is 12.1. The van der Waals surface area contributed by atoms with Crippen LogP contribution in [0.4, 0.5) is 0 Å². The van der Waals surface area contributed by atoms with Gasteiger partial charge in [0.15, 0.2) is 0 Å². The zero-order chi connectivity index (χ0) is 12.8. The van der Waals surface area contributed by atoms with Crippen LogP contribution >= 0.6 is 23.2 Å². The van der Waals surface area contributed by atoms with Crippen molar-refractivity contribution in [3.05, 3.63) is 58.1 Å². The smallest absolute Gasteiger partial charge is 0.140 e. The summed E-state index contributed by atoms with van der Waals surface area (Å²) in [5.41, 5.74) is 1.28. The van der Waals surface area contributed by atoms with Crippen LogP contribution in [0, 0.1) is 0 Å². The molecule has 18 heavy (non-hydrogen) atoms. The lowest BCUT2D eigenvalue weighted by Crippen LogP contribution is -2.07. The van der Waals surface area contributed by atoms with Gasteiger partial charge in [-0.15, -0.1) is 0 Å². The highest BCUT2D eigenvalue weighted by molar-refractivity contribution is 6.35. The Morgan fingerprint density at radius 2 is 2.11 bits per heavy atom. The van der Waals surface area contributed by atoms with E-state index < -0.39 is 5.60 Å². The Balaban J connectivity index is 1.94. The average Bonchev–Trinajstić information content (AvgIpc) is 3.04. The summed E-state index contributed by atoms with van der Waals surface area (Å²) < 4.78 is 5.77. The summed E-state index contributed by atoms with van der Waals surface area (Å²) in [5.74, 6) is 0. The van der Waals surface area contributed by atoms with Crippen molar-refractivity contribution in [2.75, 3.05) is 0 Å². The molecule has 0 spiro atoms. The number of aromatic nitrogens is 2. The lowest BCUT2D eigenvalue weighted by Gasteiger charge is -2.06. The molecule has 1 aliphatic heterocycles. The van der Waals surface area contributed by atoms with E-state index in [9.17, 15) is 0 Å². The quantitative estimate of drug-likeness (QED) is 0.786. The minimum atomic E-state index is -0.453. The molecule has 1 aliphatic rings. The molecule has 92 valence electrons. The van der Waals surface area contributed by atoms with E-state index in [0.717, 1.165) is 11.3 Å². The van der Waals surface area contributed by atoms with Gasteiger partial charge in [0.2, 0.25) is 0 Å². The molecule has 3 rings (SSSR count). The number of rotatable bonds is 2. The van der Waals surface area contributed by atoms with Crippen LogP contribution in [0.15, 0.2) is 36.8 Å². The summed E-state index contributed by atoms with van der Waals surface area (Å²) in [6.07, 6.45) is 4.91. The van der Waals surface area contributed by atoms with Gasteiger partial charge in [-0.25, -0.2) is 0 Å². The van der Waals surface area contributed by atoms with Gasteiger partial charge in [-0.1, -0.05) is 29.3 Å². The Hall–Kier alpha value is -1.16. The van der Waals surface area contributed by atoms with Crippen LogP contribution in [-0.4, -0.2) is 9.97 Å². The third-order valence-electron chi connectivity index (χ3n) is 3.12. The minimum absolute atomic E-state index is 0.0982. The van der Waals surface area contributed by atoms with Crippen LogP contribution in [-0.2, 0) is 10.3 Å². The maximum atomic E-state index is 6.18. The minimum Gasteiger partial charge on any atom is -0.354 e. The molecule has 5 heteroatoms. The summed E-state index contributed by atoms with van der Waals surface area (Å²) in [5, 5.41) is 1.23. The van der Waals surface area contributed by atoms with Crippen molar-refractivity contribution in [1.82, 2.24) is 9.97 Å². The van der Waals surface area contributed by atoms with Gasteiger partial charge in [-0.05, 0) is 19.1 Å². The number of epoxide rings is 1. The standard InChI is InChI=1S/C13H10Cl2N2O/c1-13(11-7-16-4-5-17-11)12(18-13)9-3-2-8(14)6-10(9)15/h2-7,12H,1H3. The highest BCUT2D eigenvalue weighted by Crippen LogP contribution is 2.57. The van der Waals surface area contributed by atoms with E-state index in [2.05, 4.69) is 9.97 Å². The van der Waals surface area contributed by atoms with Gasteiger partial charge >= 0.3 is 0 Å². The molecule has 2 aromatic rings. The van der Waals surface area contributed by atoms with Crippen molar-refractivity contribution >= 4 is 23.2 Å². The predicted molar refractivity (Wildman–Crippen MR) is 69.7 cm³/mol. The summed E-state index contributed by atoms with van der Waals surface area (Å²) in [6.45, 7) is 1.98. The molecule has 0 saturated carbocycles. The van der Waals surface area contributed by atoms with Crippen molar-refractivity contribution in [2.45, 2.75) is 18.6 Å². The first-order chi connectivity index (χ1) is 8.61. The van der Waals surface area contributed by atoms with Crippen LogP contribution in [0.3, 0.4) is 0 Å². The van der Waals surface area contributed by atoms with Gasteiger partial charge in [0.25, 0.3) is 0 Å². The van der Waals surface area contributed by atoms with Crippen molar-refractivity contribution in [2.24, 2.45) is 0 Å². The Morgan fingerprint density at radius 3 is 2.78 bits per heavy atom. The summed E-state index contributed by atoms with van der Waals surface area (Å²) in [6, 6.07) is 5.41. The SMILES string of the molecule is CC1(c2cnccn2)OC1c1ccc(Cl)cc1Cl. The molecule has 0 bridgehead atoms. The van der Waals surface area contributed by atoms with Gasteiger partial charge in [-0.3, -0.25) is 9.97 Å². The third kappa shape index (κ3) is 1.88. The topological polar surface area (TPSA) is 38.3 Å². The maximum absolute atomic E-state index is 6.18. The van der Waals surface area contributed by atoms with E-state index >= 15 is 0 Å². The Kier molecular flexibility index (Phi) is 2.77. The van der Waals surface area contributed by atoms with E-state index in [0.29, 0.717) is 10.0 Å². The van der Waals surface area contributed by atoms with E-state index in [1.807, 2.05) is 19.1 Å². The van der Waals surface area contributed by atoms with E-state index in [4.69, 9.17) is 27.9 Å². The first-order valence-electron chi connectivity index (χ1n) is 5.50. The van der Waals surface area contributed by atoms with Crippen molar-refractivity contribution in [3.63, 3.8) is 0 Å². The summed E-state index contributed by atoms with van der Waals surface area (Å²) in [4.78, 5) is 8.34. The monoisotopic (exact) mass is 280 g/mol. The molecule has 0 aliphatic carbocycles.